The third kappa shape index (κ3) is 5.22. The van der Waals surface area contributed by atoms with E-state index >= 15 is 0 Å². The molecule has 1 amide bonds. The van der Waals surface area contributed by atoms with Gasteiger partial charge in [-0.15, -0.1) is 0 Å². The fraction of sp³-hybridized carbons (Fsp3) is 0.261. The molecule has 0 radical (unpaired) electrons. The zero-order valence-corrected chi connectivity index (χ0v) is 18.1. The van der Waals surface area contributed by atoms with Crippen molar-refractivity contribution in [3.8, 4) is 0 Å². The van der Waals surface area contributed by atoms with E-state index in [9.17, 15) is 23.6 Å². The molecule has 0 aliphatic rings. The Morgan fingerprint density at radius 3 is 2.48 bits per heavy atom. The summed E-state index contributed by atoms with van der Waals surface area (Å²) in [6.07, 6.45) is 1.50. The van der Waals surface area contributed by atoms with Gasteiger partial charge in [0.25, 0.3) is 0 Å². The van der Waals surface area contributed by atoms with Crippen LogP contribution in [0, 0.1) is 5.82 Å². The summed E-state index contributed by atoms with van der Waals surface area (Å²) in [6.45, 7) is 3.45. The van der Waals surface area contributed by atoms with Crippen LogP contribution in [-0.4, -0.2) is 46.5 Å². The lowest BCUT2D eigenvalue weighted by molar-refractivity contribution is -0.144. The van der Waals surface area contributed by atoms with E-state index in [-0.39, 0.29) is 53.9 Å². The van der Waals surface area contributed by atoms with Crippen LogP contribution in [0.1, 0.15) is 42.7 Å². The van der Waals surface area contributed by atoms with E-state index in [1.807, 2.05) is 0 Å². The Morgan fingerprint density at radius 2 is 1.82 bits per heavy atom. The first-order valence-electron chi connectivity index (χ1n) is 10.3. The number of anilines is 1. The van der Waals surface area contributed by atoms with Gasteiger partial charge in [-0.2, -0.15) is 0 Å². The molecule has 0 bridgehead atoms. The van der Waals surface area contributed by atoms with Crippen LogP contribution in [-0.2, 0) is 19.1 Å². The van der Waals surface area contributed by atoms with E-state index < -0.39 is 29.6 Å². The Kier molecular flexibility index (Phi) is 7.50. The van der Waals surface area contributed by atoms with Gasteiger partial charge in [0.1, 0.15) is 11.5 Å². The molecule has 0 aliphatic heterocycles. The normalized spacial score (nSPS) is 10.6. The molecule has 9 nitrogen and oxygen atoms in total. The van der Waals surface area contributed by atoms with E-state index in [1.54, 1.807) is 19.9 Å². The van der Waals surface area contributed by atoms with Crippen molar-refractivity contribution >= 4 is 40.3 Å². The van der Waals surface area contributed by atoms with Gasteiger partial charge in [-0.3, -0.25) is 19.4 Å². The van der Waals surface area contributed by atoms with Crippen molar-refractivity contribution in [3.63, 3.8) is 0 Å². The number of hydrogen-bond acceptors (Lipinski definition) is 7. The number of hydrogen-bond donors (Lipinski definition) is 1. The zero-order chi connectivity index (χ0) is 24.0. The van der Waals surface area contributed by atoms with Crippen LogP contribution in [0.4, 0.5) is 14.9 Å². The predicted octanol–water partition coefficient (Wildman–Crippen LogP) is 3.69. The quantitative estimate of drug-likeness (QED) is 0.407. The van der Waals surface area contributed by atoms with E-state index in [1.165, 1.54) is 24.5 Å². The summed E-state index contributed by atoms with van der Waals surface area (Å²) in [4.78, 5) is 54.3. The number of ether oxygens (including phenoxy) is 2. The Bertz CT molecular complexity index is 1210. The number of carbonyl (C=O) groups excluding carboxylic acids is 4. The van der Waals surface area contributed by atoms with Crippen molar-refractivity contribution in [2.45, 2.75) is 26.7 Å². The zero-order valence-electron chi connectivity index (χ0n) is 18.1. The minimum atomic E-state index is -0.867. The molecule has 2 aromatic heterocycles. The van der Waals surface area contributed by atoms with Crippen molar-refractivity contribution in [1.82, 2.24) is 9.55 Å². The third-order valence-corrected chi connectivity index (χ3v) is 4.64. The molecule has 0 fully saturated rings. The predicted molar refractivity (Wildman–Crippen MR) is 116 cm³/mol. The van der Waals surface area contributed by atoms with Gasteiger partial charge in [-0.05, 0) is 44.2 Å². The lowest BCUT2D eigenvalue weighted by atomic mass is 10.1. The number of nitrogens with one attached hydrogen (secondary N) is 1. The number of nitrogens with zero attached hydrogens (tertiary/aromatic N) is 2. The topological polar surface area (TPSA) is 117 Å². The van der Waals surface area contributed by atoms with Crippen LogP contribution in [0.3, 0.4) is 0 Å². The number of pyridine rings is 1. The molecular formula is C23H22FN3O6. The molecule has 0 saturated carbocycles. The maximum Gasteiger partial charge on any atom is 0.419 e. The first-order valence-corrected chi connectivity index (χ1v) is 10.3. The Morgan fingerprint density at radius 1 is 1.06 bits per heavy atom. The first kappa shape index (κ1) is 23.6. The number of ketones is 1. The van der Waals surface area contributed by atoms with Crippen molar-refractivity contribution < 1.29 is 33.0 Å². The summed E-state index contributed by atoms with van der Waals surface area (Å²) >= 11 is 0. The number of amides is 1. The second kappa shape index (κ2) is 10.5. The second-order valence-corrected chi connectivity index (χ2v) is 6.84. The average molecular weight is 455 g/mol. The van der Waals surface area contributed by atoms with Gasteiger partial charge in [0.05, 0.1) is 30.8 Å². The molecule has 0 atom stereocenters. The molecule has 1 N–H and O–H groups in total. The number of aromatic nitrogens is 2. The van der Waals surface area contributed by atoms with Gasteiger partial charge in [-0.1, -0.05) is 0 Å². The van der Waals surface area contributed by atoms with E-state index in [0.29, 0.717) is 0 Å². The Hall–Kier alpha value is -4.08. The largest absolute Gasteiger partial charge is 0.466 e. The molecule has 2 heterocycles. The molecule has 0 saturated heterocycles. The number of benzene rings is 1. The number of rotatable bonds is 8. The van der Waals surface area contributed by atoms with Gasteiger partial charge in [0.15, 0.2) is 0 Å². The summed E-state index contributed by atoms with van der Waals surface area (Å²) in [6, 6.07) is 6.59. The maximum absolute atomic E-state index is 14.1. The van der Waals surface area contributed by atoms with E-state index in [2.05, 4.69) is 10.3 Å². The van der Waals surface area contributed by atoms with Gasteiger partial charge in [0, 0.05) is 29.8 Å². The number of carbonyl (C=O) groups is 4. The summed E-state index contributed by atoms with van der Waals surface area (Å²) in [5.41, 5.74) is 0.0305. The minimum Gasteiger partial charge on any atom is -0.466 e. The van der Waals surface area contributed by atoms with Crippen molar-refractivity contribution in [1.29, 1.82) is 0 Å². The number of halogens is 1. The van der Waals surface area contributed by atoms with Crippen molar-refractivity contribution in [2.75, 3.05) is 18.5 Å². The highest BCUT2D eigenvalue weighted by atomic mass is 19.1. The highest BCUT2D eigenvalue weighted by Crippen LogP contribution is 2.34. The van der Waals surface area contributed by atoms with E-state index in [4.69, 9.17) is 9.47 Å². The molecule has 0 unspecified atom stereocenters. The molecule has 10 heteroatoms. The van der Waals surface area contributed by atoms with Crippen molar-refractivity contribution in [2.24, 2.45) is 0 Å². The molecular weight excluding hydrogens is 433 g/mol. The lowest BCUT2D eigenvalue weighted by Gasteiger charge is -2.11. The highest BCUT2D eigenvalue weighted by Gasteiger charge is 2.29. The van der Waals surface area contributed by atoms with Gasteiger partial charge in [-0.25, -0.2) is 13.8 Å². The first-order chi connectivity index (χ1) is 15.9. The molecule has 3 rings (SSSR count). The maximum atomic E-state index is 14.1. The second-order valence-electron chi connectivity index (χ2n) is 6.84. The average Bonchev–Trinajstić information content (AvgIpc) is 3.11. The molecule has 1 aromatic carbocycles. The Labute approximate surface area is 188 Å². The fourth-order valence-corrected chi connectivity index (χ4v) is 3.27. The van der Waals surface area contributed by atoms with Gasteiger partial charge >= 0.3 is 12.1 Å². The van der Waals surface area contributed by atoms with Crippen LogP contribution in [0.5, 0.6) is 0 Å². The van der Waals surface area contributed by atoms with Crippen LogP contribution >= 0.6 is 0 Å². The summed E-state index contributed by atoms with van der Waals surface area (Å²) in [7, 11) is 0. The highest BCUT2D eigenvalue weighted by molar-refractivity contribution is 6.21. The van der Waals surface area contributed by atoms with Crippen LogP contribution in [0.25, 0.3) is 10.9 Å². The molecule has 172 valence electrons. The fourth-order valence-electron chi connectivity index (χ4n) is 3.27. The summed E-state index contributed by atoms with van der Waals surface area (Å²) < 4.78 is 25.0. The number of esters is 1. The summed E-state index contributed by atoms with van der Waals surface area (Å²) in [5, 5.41) is 2.69. The van der Waals surface area contributed by atoms with Crippen LogP contribution in [0.15, 0.2) is 42.7 Å². The molecule has 33 heavy (non-hydrogen) atoms. The Balaban J connectivity index is 2.14. The minimum absolute atomic E-state index is 0.0292. The standard InChI is InChI=1S/C23H22FN3O6/c1-3-32-19(29)10-9-18(28)26-20-16-12-15(24)7-8-17(16)27(23(31)33-4-2)21(20)22(30)14-6-5-11-25-13-14/h5-8,11-13H,3-4,9-10H2,1-2H3,(H,26,28). The monoisotopic (exact) mass is 455 g/mol. The van der Waals surface area contributed by atoms with Crippen LogP contribution in [0.2, 0.25) is 0 Å². The van der Waals surface area contributed by atoms with Crippen LogP contribution < -0.4 is 5.32 Å². The van der Waals surface area contributed by atoms with Gasteiger partial charge < -0.3 is 14.8 Å². The van der Waals surface area contributed by atoms with Gasteiger partial charge in [0.2, 0.25) is 11.7 Å². The SMILES string of the molecule is CCOC(=O)CCC(=O)Nc1c(C(=O)c2cccnc2)n(C(=O)OCC)c2ccc(F)cc12. The summed E-state index contributed by atoms with van der Waals surface area (Å²) in [5.74, 6) is -2.44. The van der Waals surface area contributed by atoms with E-state index in [0.717, 1.165) is 16.7 Å². The van der Waals surface area contributed by atoms with Crippen molar-refractivity contribution in [3.05, 3.63) is 59.8 Å². The lowest BCUT2D eigenvalue weighted by Crippen LogP contribution is -2.22. The third-order valence-electron chi connectivity index (χ3n) is 4.64. The smallest absolute Gasteiger partial charge is 0.419 e. The molecule has 3 aromatic rings. The number of fused-ring (bicyclic) bond motifs is 1. The molecule has 0 spiro atoms. The molecule has 0 aliphatic carbocycles.